The van der Waals surface area contributed by atoms with E-state index in [1.54, 1.807) is 5.69 Å². The predicted molar refractivity (Wildman–Crippen MR) is 53.4 cm³/mol. The zero-order valence-corrected chi connectivity index (χ0v) is 6.66. The van der Waals surface area contributed by atoms with Crippen LogP contribution in [0.25, 0.3) is 0 Å². The van der Waals surface area contributed by atoms with Gasteiger partial charge in [0.15, 0.2) is 0 Å². The maximum absolute atomic E-state index is 2.44. The van der Waals surface area contributed by atoms with Crippen LogP contribution in [0.5, 0.6) is 0 Å². The summed E-state index contributed by atoms with van der Waals surface area (Å²) in [7, 11) is 0. The fraction of sp³-hybridized carbons (Fsp3) is 0.636. The molecule has 2 unspecified atom stereocenters. The Labute approximate surface area is 75.9 Å². The van der Waals surface area contributed by atoms with Gasteiger partial charge in [-0.3, -0.25) is 0 Å². The van der Waals surface area contributed by atoms with Gasteiger partial charge in [0.25, 0.3) is 0 Å². The topological polar surface area (TPSA) is 4.93 Å². The number of aromatic nitrogens is 1. The van der Waals surface area contributed by atoms with Crippen molar-refractivity contribution in [3.63, 3.8) is 0 Å². The van der Waals surface area contributed by atoms with Crippen molar-refractivity contribution < 1.29 is 1.43 Å². The molecule has 1 aromatic rings. The van der Waals surface area contributed by atoms with Gasteiger partial charge in [0.1, 0.15) is 0 Å². The molecule has 0 spiro atoms. The van der Waals surface area contributed by atoms with Gasteiger partial charge in [0.05, 0.1) is 0 Å². The normalized spacial score (nSPS) is 31.0. The largest absolute Gasteiger partial charge is 0.351 e. The molecule has 1 heteroatoms. The van der Waals surface area contributed by atoms with Gasteiger partial charge in [-0.25, -0.2) is 0 Å². The lowest BCUT2D eigenvalue weighted by Gasteiger charge is -2.05. The van der Waals surface area contributed by atoms with Gasteiger partial charge in [-0.05, 0) is 30.9 Å². The van der Waals surface area contributed by atoms with Gasteiger partial charge in [-0.15, -0.1) is 0 Å². The highest BCUT2D eigenvalue weighted by molar-refractivity contribution is 5.19. The molecule has 0 amide bonds. The lowest BCUT2D eigenvalue weighted by atomic mass is 9.97. The predicted octanol–water partition coefficient (Wildman–Crippen LogP) is 3.27. The molecule has 0 radical (unpaired) electrons. The molecule has 1 nitrogen and oxygen atoms in total. The number of hydrogen-bond acceptors (Lipinski definition) is 0. The molecule has 68 valence electrons. The van der Waals surface area contributed by atoms with Gasteiger partial charge in [0.2, 0.25) is 0 Å². The zero-order chi connectivity index (χ0) is 7.26. The third kappa shape index (κ3) is 0.855. The van der Waals surface area contributed by atoms with Crippen LogP contribution in [0.15, 0.2) is 18.3 Å². The lowest BCUT2D eigenvalue weighted by Crippen LogP contribution is -1.98. The monoisotopic (exact) mass is 166 g/mol. The van der Waals surface area contributed by atoms with E-state index in [-0.39, 0.29) is 8.85 Å². The average molecular weight is 166 g/mol. The first kappa shape index (κ1) is 7.90. The molecule has 1 fully saturated rings. The SMILES string of the molecule is C.[2HH].c1cc2n(c1)CC1CCCC21. The Kier molecular flexibility index (Phi) is 1.75. The van der Waals surface area contributed by atoms with Crippen molar-refractivity contribution in [3.05, 3.63) is 24.0 Å². The van der Waals surface area contributed by atoms with Crippen LogP contribution in [-0.4, -0.2) is 4.57 Å². The fourth-order valence-electron chi connectivity index (χ4n) is 2.83. The molecule has 12 heavy (non-hydrogen) atoms. The summed E-state index contributed by atoms with van der Waals surface area (Å²) in [6.45, 7) is 1.30. The van der Waals surface area contributed by atoms with E-state index in [2.05, 4.69) is 22.9 Å². The van der Waals surface area contributed by atoms with E-state index in [0.717, 1.165) is 11.8 Å². The molecule has 1 aliphatic carbocycles. The Morgan fingerprint density at radius 2 is 2.33 bits per heavy atom. The molecule has 0 bridgehead atoms. The molecule has 1 aromatic heterocycles. The van der Waals surface area contributed by atoms with Crippen LogP contribution in [0.3, 0.4) is 0 Å². The fourth-order valence-corrected chi connectivity index (χ4v) is 2.83. The van der Waals surface area contributed by atoms with Crippen molar-refractivity contribution in [2.24, 2.45) is 5.92 Å². The van der Waals surface area contributed by atoms with Gasteiger partial charge in [-0.1, -0.05) is 13.8 Å². The summed E-state index contributed by atoms with van der Waals surface area (Å²) >= 11 is 0. The lowest BCUT2D eigenvalue weighted by molar-refractivity contribution is 0.492. The minimum absolute atomic E-state index is 0. The molecule has 0 N–H and O–H groups in total. The Morgan fingerprint density at radius 3 is 3.25 bits per heavy atom. The highest BCUT2D eigenvalue weighted by atomic mass is 15.0. The summed E-state index contributed by atoms with van der Waals surface area (Å²) < 4.78 is 2.44. The minimum atomic E-state index is 0. The zero-order valence-electron chi connectivity index (χ0n) is 6.66. The number of nitrogens with zero attached hydrogens (tertiary/aromatic N) is 1. The quantitative estimate of drug-likeness (QED) is 0.557. The van der Waals surface area contributed by atoms with Crippen molar-refractivity contribution in [2.45, 2.75) is 39.2 Å². The van der Waals surface area contributed by atoms with Crippen LogP contribution in [0, 0.1) is 5.92 Å². The molecule has 2 aliphatic rings. The molecular weight excluding hydrogens is 146 g/mol. The van der Waals surface area contributed by atoms with Crippen LogP contribution < -0.4 is 0 Å². The Hall–Kier alpha value is -0.720. The Bertz CT molecular complexity index is 279. The summed E-state index contributed by atoms with van der Waals surface area (Å²) in [6, 6.07) is 4.49. The molecule has 2 heterocycles. The van der Waals surface area contributed by atoms with E-state index >= 15 is 0 Å². The van der Waals surface area contributed by atoms with Gasteiger partial charge >= 0.3 is 0 Å². The second kappa shape index (κ2) is 2.65. The summed E-state index contributed by atoms with van der Waals surface area (Å²) in [4.78, 5) is 0. The standard InChI is InChI=1S/C10H13N.CH4.H2/c1-3-8-7-11-6-2-5-10(11)9(8)4-1;;/h2,5-6,8-9H,1,3-4,7H2;1H4;1H/i;;1+1. The molecule has 0 saturated heterocycles. The first-order valence-electron chi connectivity index (χ1n) is 4.60. The molecule has 1 aliphatic heterocycles. The Morgan fingerprint density at radius 1 is 1.42 bits per heavy atom. The highest BCUT2D eigenvalue weighted by Crippen LogP contribution is 2.45. The first-order chi connectivity index (χ1) is 5.45. The van der Waals surface area contributed by atoms with Crippen molar-refractivity contribution in [1.29, 1.82) is 0 Å². The second-order valence-corrected chi connectivity index (χ2v) is 3.88. The van der Waals surface area contributed by atoms with Crippen LogP contribution in [0.2, 0.25) is 0 Å². The van der Waals surface area contributed by atoms with Crippen LogP contribution in [-0.2, 0) is 6.54 Å². The van der Waals surface area contributed by atoms with E-state index in [4.69, 9.17) is 0 Å². The summed E-state index contributed by atoms with van der Waals surface area (Å²) in [6.07, 6.45) is 6.59. The second-order valence-electron chi connectivity index (χ2n) is 3.88. The number of hydrogen-bond donors (Lipinski definition) is 0. The summed E-state index contributed by atoms with van der Waals surface area (Å²) in [5, 5.41) is 0. The summed E-state index contributed by atoms with van der Waals surface area (Å²) in [5.41, 5.74) is 1.60. The smallest absolute Gasteiger partial charge is 0.0257 e. The maximum Gasteiger partial charge on any atom is 0.0257 e. The van der Waals surface area contributed by atoms with Crippen molar-refractivity contribution in [3.8, 4) is 0 Å². The maximum atomic E-state index is 2.44. The van der Waals surface area contributed by atoms with E-state index in [1.807, 2.05) is 0 Å². The van der Waals surface area contributed by atoms with Crippen molar-refractivity contribution in [1.82, 2.24) is 4.57 Å². The van der Waals surface area contributed by atoms with Crippen LogP contribution in [0.1, 0.15) is 39.7 Å². The molecule has 2 atom stereocenters. The highest BCUT2D eigenvalue weighted by Gasteiger charge is 2.35. The summed E-state index contributed by atoms with van der Waals surface area (Å²) in [5.74, 6) is 1.91. The molecule has 1 saturated carbocycles. The number of rotatable bonds is 0. The van der Waals surface area contributed by atoms with Crippen LogP contribution >= 0.6 is 0 Å². The van der Waals surface area contributed by atoms with Crippen molar-refractivity contribution in [2.75, 3.05) is 0 Å². The third-order valence-electron chi connectivity index (χ3n) is 3.33. The van der Waals surface area contributed by atoms with Gasteiger partial charge < -0.3 is 4.57 Å². The van der Waals surface area contributed by atoms with Crippen LogP contribution in [0.4, 0.5) is 0 Å². The third-order valence-corrected chi connectivity index (χ3v) is 3.33. The van der Waals surface area contributed by atoms with Gasteiger partial charge in [-0.2, -0.15) is 0 Å². The van der Waals surface area contributed by atoms with Gasteiger partial charge in [0, 0.05) is 25.8 Å². The van der Waals surface area contributed by atoms with E-state index in [0.29, 0.717) is 0 Å². The average Bonchev–Trinajstić information content (AvgIpc) is 2.52. The van der Waals surface area contributed by atoms with E-state index in [1.165, 1.54) is 25.8 Å². The van der Waals surface area contributed by atoms with E-state index < -0.39 is 0 Å². The van der Waals surface area contributed by atoms with E-state index in [9.17, 15) is 0 Å². The number of fused-ring (bicyclic) bond motifs is 3. The minimum Gasteiger partial charge on any atom is -0.351 e. The Balaban J connectivity index is 0.000000422. The molecule has 0 aromatic carbocycles. The molecular formula is C11H19N. The molecule has 3 rings (SSSR count). The van der Waals surface area contributed by atoms with Crippen molar-refractivity contribution >= 4 is 0 Å². The first-order valence-corrected chi connectivity index (χ1v) is 4.60.